The molecule has 3 aromatic rings. The minimum atomic E-state index is -0.953. The molecule has 2 aliphatic heterocycles. The lowest BCUT2D eigenvalue weighted by Crippen LogP contribution is -2.37. The van der Waals surface area contributed by atoms with Crippen molar-refractivity contribution in [1.29, 1.82) is 0 Å². The largest absolute Gasteiger partial charge is 0.494 e. The molecule has 3 unspecified atom stereocenters. The second-order valence-electron chi connectivity index (χ2n) is 9.44. The van der Waals surface area contributed by atoms with E-state index in [1.165, 1.54) is 4.90 Å². The number of carbonyl (C=O) groups is 2. The number of unbranched alkanes of at least 4 members (excludes halogenated alkanes) is 1. The Kier molecular flexibility index (Phi) is 8.02. The number of para-hydroxylation sites is 1. The molecule has 2 fully saturated rings. The lowest BCUT2D eigenvalue weighted by Gasteiger charge is -2.29. The van der Waals surface area contributed by atoms with Gasteiger partial charge in [-0.2, -0.15) is 0 Å². The van der Waals surface area contributed by atoms with Crippen LogP contribution in [0.25, 0.3) is 0 Å². The molecule has 0 N–H and O–H groups in total. The average Bonchev–Trinajstić information content (AvgIpc) is 3.46. The Morgan fingerprint density at radius 2 is 1.51 bits per heavy atom. The van der Waals surface area contributed by atoms with Gasteiger partial charge in [-0.05, 0) is 74.4 Å². The Labute approximate surface area is 229 Å². The SMILES string of the molecule is CCCCOc1ccc(C2C3C(=O)N(c4ccc(OCC)cc4)C(=O)C3ON2c2ccccc2)cc1OCC. The van der Waals surface area contributed by atoms with Crippen LogP contribution >= 0.6 is 0 Å². The van der Waals surface area contributed by atoms with E-state index in [9.17, 15) is 9.59 Å². The van der Waals surface area contributed by atoms with Gasteiger partial charge in [-0.25, -0.2) is 9.96 Å². The smallest absolute Gasteiger partial charge is 0.266 e. The molecule has 0 aromatic heterocycles. The average molecular weight is 531 g/mol. The Balaban J connectivity index is 1.52. The highest BCUT2D eigenvalue weighted by Gasteiger charge is 2.60. The number of rotatable bonds is 11. The highest BCUT2D eigenvalue weighted by Crippen LogP contribution is 2.48. The van der Waals surface area contributed by atoms with Crippen LogP contribution in [-0.2, 0) is 14.4 Å². The van der Waals surface area contributed by atoms with Gasteiger partial charge in [0.2, 0.25) is 5.91 Å². The molecule has 0 spiro atoms. The number of ether oxygens (including phenoxy) is 3. The molecular formula is C31H34N2O6. The third-order valence-corrected chi connectivity index (χ3v) is 6.90. The number of imide groups is 1. The molecule has 0 saturated carbocycles. The standard InChI is InChI=1S/C31H34N2O6/c1-4-7-19-38-25-18-13-21(20-26(25)37-6-3)28-27-29(39-33(28)23-11-9-8-10-12-23)31(35)32(30(27)34)22-14-16-24(17-15-22)36-5-2/h8-18,20,27-29H,4-7,19H2,1-3H3. The van der Waals surface area contributed by atoms with Gasteiger partial charge in [-0.1, -0.05) is 37.6 Å². The normalized spacial score (nSPS) is 20.3. The molecule has 8 nitrogen and oxygen atoms in total. The van der Waals surface area contributed by atoms with Crippen LogP contribution in [0.5, 0.6) is 17.2 Å². The number of hydrogen-bond acceptors (Lipinski definition) is 7. The maximum Gasteiger partial charge on any atom is 0.266 e. The van der Waals surface area contributed by atoms with Crippen LogP contribution in [0.15, 0.2) is 72.8 Å². The second kappa shape index (κ2) is 11.8. The molecule has 2 aliphatic rings. The van der Waals surface area contributed by atoms with Gasteiger partial charge in [0, 0.05) is 0 Å². The van der Waals surface area contributed by atoms with Crippen LogP contribution in [-0.4, -0.2) is 37.7 Å². The summed E-state index contributed by atoms with van der Waals surface area (Å²) in [7, 11) is 0. The number of amides is 2. The highest BCUT2D eigenvalue weighted by atomic mass is 16.7. The van der Waals surface area contributed by atoms with Crippen molar-refractivity contribution in [3.63, 3.8) is 0 Å². The molecular weight excluding hydrogens is 496 g/mol. The lowest BCUT2D eigenvalue weighted by atomic mass is 9.90. The van der Waals surface area contributed by atoms with Crippen LogP contribution in [0.3, 0.4) is 0 Å². The molecule has 5 rings (SSSR count). The molecule has 0 radical (unpaired) electrons. The van der Waals surface area contributed by atoms with E-state index < -0.39 is 18.1 Å². The van der Waals surface area contributed by atoms with Gasteiger partial charge < -0.3 is 14.2 Å². The summed E-state index contributed by atoms with van der Waals surface area (Å²) >= 11 is 0. The zero-order valence-corrected chi connectivity index (χ0v) is 22.5. The van der Waals surface area contributed by atoms with E-state index >= 15 is 0 Å². The molecule has 2 amide bonds. The van der Waals surface area contributed by atoms with E-state index in [-0.39, 0.29) is 11.8 Å². The molecule has 0 aliphatic carbocycles. The second-order valence-corrected chi connectivity index (χ2v) is 9.44. The number of hydrogen-bond donors (Lipinski definition) is 0. The Morgan fingerprint density at radius 1 is 0.769 bits per heavy atom. The quantitative estimate of drug-likeness (QED) is 0.232. The summed E-state index contributed by atoms with van der Waals surface area (Å²) in [6.07, 6.45) is 1.01. The summed E-state index contributed by atoms with van der Waals surface area (Å²) in [4.78, 5) is 35.0. The number of carbonyl (C=O) groups excluding carboxylic acids is 2. The van der Waals surface area contributed by atoms with Crippen LogP contribution in [0.4, 0.5) is 11.4 Å². The molecule has 8 heteroatoms. The molecule has 2 saturated heterocycles. The van der Waals surface area contributed by atoms with E-state index in [0.29, 0.717) is 42.8 Å². The van der Waals surface area contributed by atoms with Gasteiger partial charge in [-0.15, -0.1) is 0 Å². The fraction of sp³-hybridized carbons (Fsp3) is 0.355. The lowest BCUT2D eigenvalue weighted by molar-refractivity contribution is -0.126. The van der Waals surface area contributed by atoms with Crippen LogP contribution in [0.1, 0.15) is 45.2 Å². The first-order valence-corrected chi connectivity index (χ1v) is 13.6. The predicted molar refractivity (Wildman–Crippen MR) is 148 cm³/mol. The maximum absolute atomic E-state index is 13.9. The number of anilines is 2. The third kappa shape index (κ3) is 5.16. The van der Waals surface area contributed by atoms with Gasteiger partial charge in [0.05, 0.1) is 37.2 Å². The molecule has 2 heterocycles. The summed E-state index contributed by atoms with van der Waals surface area (Å²) in [5, 5.41) is 1.68. The fourth-order valence-electron chi connectivity index (χ4n) is 5.09. The Morgan fingerprint density at radius 3 is 2.21 bits per heavy atom. The minimum Gasteiger partial charge on any atom is -0.494 e. The fourth-order valence-corrected chi connectivity index (χ4v) is 5.09. The summed E-state index contributed by atoms with van der Waals surface area (Å²) in [6, 6.07) is 21.6. The van der Waals surface area contributed by atoms with Gasteiger partial charge in [-0.3, -0.25) is 14.4 Å². The highest BCUT2D eigenvalue weighted by molar-refractivity contribution is 6.23. The topological polar surface area (TPSA) is 77.5 Å². The number of benzene rings is 3. The summed E-state index contributed by atoms with van der Waals surface area (Å²) < 4.78 is 17.4. The van der Waals surface area contributed by atoms with Crippen molar-refractivity contribution in [3.8, 4) is 17.2 Å². The van der Waals surface area contributed by atoms with E-state index in [1.54, 1.807) is 29.3 Å². The van der Waals surface area contributed by atoms with Crippen molar-refractivity contribution >= 4 is 23.2 Å². The first-order valence-electron chi connectivity index (χ1n) is 13.6. The third-order valence-electron chi connectivity index (χ3n) is 6.90. The van der Waals surface area contributed by atoms with Crippen molar-refractivity contribution in [2.75, 3.05) is 29.8 Å². The number of hydroxylamine groups is 1. The first-order chi connectivity index (χ1) is 19.1. The summed E-state index contributed by atoms with van der Waals surface area (Å²) in [6.45, 7) is 7.52. The molecule has 3 atom stereocenters. The monoisotopic (exact) mass is 530 g/mol. The van der Waals surface area contributed by atoms with Crippen molar-refractivity contribution < 1.29 is 28.6 Å². The molecule has 0 bridgehead atoms. The van der Waals surface area contributed by atoms with Gasteiger partial charge in [0.25, 0.3) is 5.91 Å². The Bertz CT molecular complexity index is 1300. The number of nitrogens with zero attached hydrogens (tertiary/aromatic N) is 2. The van der Waals surface area contributed by atoms with Crippen LogP contribution in [0.2, 0.25) is 0 Å². The van der Waals surface area contributed by atoms with Gasteiger partial charge in [0.15, 0.2) is 17.6 Å². The maximum atomic E-state index is 13.9. The summed E-state index contributed by atoms with van der Waals surface area (Å²) in [5.74, 6) is 0.490. The predicted octanol–water partition coefficient (Wildman–Crippen LogP) is 5.71. The van der Waals surface area contributed by atoms with Crippen molar-refractivity contribution in [1.82, 2.24) is 0 Å². The van der Waals surface area contributed by atoms with Crippen LogP contribution < -0.4 is 24.2 Å². The minimum absolute atomic E-state index is 0.307. The van der Waals surface area contributed by atoms with Crippen molar-refractivity contribution in [2.45, 2.75) is 45.8 Å². The summed E-state index contributed by atoms with van der Waals surface area (Å²) in [5.41, 5.74) is 2.05. The first kappa shape index (κ1) is 26.6. The number of fused-ring (bicyclic) bond motifs is 1. The molecule has 39 heavy (non-hydrogen) atoms. The van der Waals surface area contributed by atoms with E-state index in [1.807, 2.05) is 62.4 Å². The van der Waals surface area contributed by atoms with Crippen molar-refractivity contribution in [3.05, 3.63) is 78.4 Å². The van der Waals surface area contributed by atoms with Gasteiger partial charge >= 0.3 is 0 Å². The van der Waals surface area contributed by atoms with Crippen molar-refractivity contribution in [2.24, 2.45) is 5.92 Å². The van der Waals surface area contributed by atoms with E-state index in [0.717, 1.165) is 24.1 Å². The van der Waals surface area contributed by atoms with E-state index in [2.05, 4.69) is 6.92 Å². The Hall–Kier alpha value is -4.04. The zero-order chi connectivity index (χ0) is 27.4. The molecule has 204 valence electrons. The molecule has 3 aromatic carbocycles. The van der Waals surface area contributed by atoms with Gasteiger partial charge in [0.1, 0.15) is 11.7 Å². The van der Waals surface area contributed by atoms with E-state index in [4.69, 9.17) is 19.0 Å². The zero-order valence-electron chi connectivity index (χ0n) is 22.5. The van der Waals surface area contributed by atoms with Crippen LogP contribution in [0, 0.1) is 5.92 Å².